The summed E-state index contributed by atoms with van der Waals surface area (Å²) < 4.78 is 6.17. The van der Waals surface area contributed by atoms with Gasteiger partial charge in [0.25, 0.3) is 0 Å². The van der Waals surface area contributed by atoms with Crippen molar-refractivity contribution in [1.82, 2.24) is 4.90 Å². The molecule has 1 atom stereocenters. The van der Waals surface area contributed by atoms with Crippen LogP contribution in [0.25, 0.3) is 11.0 Å². The second kappa shape index (κ2) is 6.20. The first-order valence-electron chi connectivity index (χ1n) is 8.55. The fraction of sp³-hybridized carbons (Fsp3) is 0.421. The van der Waals surface area contributed by atoms with Crippen molar-refractivity contribution in [2.45, 2.75) is 38.6 Å². The number of anilines is 1. The second-order valence-electron chi connectivity index (χ2n) is 6.45. The van der Waals surface area contributed by atoms with Crippen molar-refractivity contribution >= 4 is 22.9 Å². The summed E-state index contributed by atoms with van der Waals surface area (Å²) in [6.07, 6.45) is 10.5. The zero-order valence-corrected chi connectivity index (χ0v) is 13.6. The lowest BCUT2D eigenvalue weighted by Crippen LogP contribution is -2.28. The number of fused-ring (bicyclic) bond motifs is 1. The normalized spacial score (nSPS) is 21.6. The van der Waals surface area contributed by atoms with Crippen molar-refractivity contribution in [2.75, 3.05) is 18.1 Å². The van der Waals surface area contributed by atoms with E-state index < -0.39 is 0 Å². The average molecular weight is 309 g/mol. The van der Waals surface area contributed by atoms with E-state index in [0.717, 1.165) is 41.8 Å². The quantitative estimate of drug-likeness (QED) is 0.849. The maximum Gasteiger partial charge on any atom is 0.159 e. The Labute approximate surface area is 137 Å². The van der Waals surface area contributed by atoms with Crippen LogP contribution in [0.5, 0.6) is 0 Å². The van der Waals surface area contributed by atoms with E-state index in [0.29, 0.717) is 6.04 Å². The lowest BCUT2D eigenvalue weighted by molar-refractivity contribution is 0.266. The van der Waals surface area contributed by atoms with E-state index in [2.05, 4.69) is 47.3 Å². The van der Waals surface area contributed by atoms with E-state index in [4.69, 9.17) is 4.42 Å². The number of hydrogen-bond acceptors (Lipinski definition) is 4. The van der Waals surface area contributed by atoms with Crippen LogP contribution in [0.1, 0.15) is 31.9 Å². The van der Waals surface area contributed by atoms with Gasteiger partial charge in [-0.3, -0.25) is 0 Å². The highest BCUT2D eigenvalue weighted by molar-refractivity contribution is 5.91. The molecule has 23 heavy (non-hydrogen) atoms. The molecule has 1 aromatic heterocycles. The number of para-hydroxylation sites is 1. The van der Waals surface area contributed by atoms with E-state index in [1.165, 1.54) is 19.4 Å². The van der Waals surface area contributed by atoms with Gasteiger partial charge in [-0.25, -0.2) is 5.01 Å². The Kier molecular flexibility index (Phi) is 3.92. The molecule has 0 radical (unpaired) electrons. The van der Waals surface area contributed by atoms with Crippen molar-refractivity contribution in [2.24, 2.45) is 5.10 Å². The molecule has 2 aliphatic rings. The van der Waals surface area contributed by atoms with Crippen LogP contribution in [0.2, 0.25) is 0 Å². The van der Waals surface area contributed by atoms with Crippen LogP contribution in [-0.4, -0.2) is 30.2 Å². The molecule has 0 saturated carbocycles. The van der Waals surface area contributed by atoms with Gasteiger partial charge in [0.15, 0.2) is 5.58 Å². The number of rotatable bonds is 4. The van der Waals surface area contributed by atoms with Crippen molar-refractivity contribution in [3.8, 4) is 0 Å². The Morgan fingerprint density at radius 1 is 1.35 bits per heavy atom. The number of hydrogen-bond donors (Lipinski definition) is 0. The van der Waals surface area contributed by atoms with Gasteiger partial charge in [-0.2, -0.15) is 5.10 Å². The van der Waals surface area contributed by atoms with Crippen LogP contribution < -0.4 is 5.01 Å². The van der Waals surface area contributed by atoms with Crippen LogP contribution in [-0.2, 0) is 6.42 Å². The summed E-state index contributed by atoms with van der Waals surface area (Å²) in [5, 5.41) is 7.48. The zero-order chi connectivity index (χ0) is 15.6. The van der Waals surface area contributed by atoms with E-state index in [-0.39, 0.29) is 0 Å². The van der Waals surface area contributed by atoms with Crippen molar-refractivity contribution in [3.63, 3.8) is 0 Å². The minimum Gasteiger partial charge on any atom is -0.459 e. The molecule has 120 valence electrons. The summed E-state index contributed by atoms with van der Waals surface area (Å²) in [6, 6.07) is 9.13. The Bertz CT molecular complexity index is 734. The molecule has 4 rings (SSSR count). The summed E-state index contributed by atoms with van der Waals surface area (Å²) in [7, 11) is 0. The minimum absolute atomic E-state index is 0.711. The third-order valence-corrected chi connectivity index (χ3v) is 4.85. The maximum atomic E-state index is 6.17. The highest BCUT2D eigenvalue weighted by Gasteiger charge is 2.20. The molecule has 2 aromatic rings. The molecule has 0 N–H and O–H groups in total. The molecule has 0 aliphatic carbocycles. The molecule has 0 unspecified atom stereocenters. The lowest BCUT2D eigenvalue weighted by Gasteiger charge is -2.19. The molecule has 1 aromatic carbocycles. The zero-order valence-electron chi connectivity index (χ0n) is 13.6. The van der Waals surface area contributed by atoms with Crippen molar-refractivity contribution in [1.29, 1.82) is 0 Å². The van der Waals surface area contributed by atoms with E-state index >= 15 is 0 Å². The van der Waals surface area contributed by atoms with Gasteiger partial charge >= 0.3 is 0 Å². The summed E-state index contributed by atoms with van der Waals surface area (Å²) in [6.45, 7) is 4.63. The van der Waals surface area contributed by atoms with Crippen molar-refractivity contribution in [3.05, 3.63) is 42.3 Å². The van der Waals surface area contributed by atoms with Crippen LogP contribution in [0.15, 0.2) is 46.1 Å². The molecule has 0 spiro atoms. The summed E-state index contributed by atoms with van der Waals surface area (Å²) in [5.41, 5.74) is 1.94. The first kappa shape index (κ1) is 14.5. The van der Waals surface area contributed by atoms with E-state index in [9.17, 15) is 0 Å². The molecule has 2 aliphatic heterocycles. The van der Waals surface area contributed by atoms with Gasteiger partial charge in [-0.05, 0) is 38.4 Å². The summed E-state index contributed by atoms with van der Waals surface area (Å²) >= 11 is 0. The van der Waals surface area contributed by atoms with Gasteiger partial charge in [0.1, 0.15) is 11.4 Å². The highest BCUT2D eigenvalue weighted by Crippen LogP contribution is 2.31. The van der Waals surface area contributed by atoms with Gasteiger partial charge in [-0.15, -0.1) is 0 Å². The molecule has 3 heterocycles. The fourth-order valence-corrected chi connectivity index (χ4v) is 3.52. The Balaban J connectivity index is 1.56. The molecule has 0 amide bonds. The third-order valence-electron chi connectivity index (χ3n) is 4.85. The largest absolute Gasteiger partial charge is 0.459 e. The monoisotopic (exact) mass is 309 g/mol. The molecule has 4 nitrogen and oxygen atoms in total. The Hall–Kier alpha value is -2.07. The van der Waals surface area contributed by atoms with Gasteiger partial charge in [0, 0.05) is 43.2 Å². The van der Waals surface area contributed by atoms with Gasteiger partial charge < -0.3 is 9.32 Å². The smallest absolute Gasteiger partial charge is 0.159 e. The number of likely N-dealkylation sites (tertiary alicyclic amines) is 1. The lowest BCUT2D eigenvalue weighted by atomic mass is 10.2. The summed E-state index contributed by atoms with van der Waals surface area (Å²) in [5.74, 6) is 1.07. The number of hydrazone groups is 1. The van der Waals surface area contributed by atoms with Gasteiger partial charge in [0.05, 0.1) is 0 Å². The van der Waals surface area contributed by atoms with Crippen LogP contribution >= 0.6 is 0 Å². The molecule has 4 heteroatoms. The van der Waals surface area contributed by atoms with Crippen molar-refractivity contribution < 1.29 is 4.42 Å². The summed E-state index contributed by atoms with van der Waals surface area (Å²) in [4.78, 5) is 2.56. The third kappa shape index (κ3) is 2.91. The number of benzene rings is 1. The molecule has 1 fully saturated rings. The highest BCUT2D eigenvalue weighted by atomic mass is 16.3. The number of allylic oxidation sites excluding steroid dienone is 1. The standard InChI is InChI=1S/C19H23N3O/c1-15-6-5-11-21(15)13-9-17-14-16-7-4-8-18(19(16)23-17)22-12-3-2-10-20-22/h3-4,7-8,10,12,14-15H,2,5-6,9,11,13H2,1H3/t15-/m1/s1. The first-order chi connectivity index (χ1) is 11.3. The molecule has 1 saturated heterocycles. The van der Waals surface area contributed by atoms with Gasteiger partial charge in [0.2, 0.25) is 0 Å². The second-order valence-corrected chi connectivity index (χ2v) is 6.45. The molecular weight excluding hydrogens is 286 g/mol. The maximum absolute atomic E-state index is 6.17. The van der Waals surface area contributed by atoms with E-state index in [1.54, 1.807) is 0 Å². The fourth-order valence-electron chi connectivity index (χ4n) is 3.52. The van der Waals surface area contributed by atoms with Crippen LogP contribution in [0.3, 0.4) is 0 Å². The average Bonchev–Trinajstić information content (AvgIpc) is 3.19. The Morgan fingerprint density at radius 3 is 3.09 bits per heavy atom. The Morgan fingerprint density at radius 2 is 2.30 bits per heavy atom. The van der Waals surface area contributed by atoms with Crippen LogP contribution in [0.4, 0.5) is 5.69 Å². The van der Waals surface area contributed by atoms with Gasteiger partial charge in [-0.1, -0.05) is 18.2 Å². The number of furan rings is 1. The number of nitrogens with zero attached hydrogens (tertiary/aromatic N) is 3. The minimum atomic E-state index is 0.711. The van der Waals surface area contributed by atoms with E-state index in [1.807, 2.05) is 17.4 Å². The first-order valence-corrected chi connectivity index (χ1v) is 8.55. The predicted molar refractivity (Wildman–Crippen MR) is 94.9 cm³/mol. The SMILES string of the molecule is C[C@@H]1CCCN1CCc1cc2cccc(N3C=CCC=N3)c2o1. The topological polar surface area (TPSA) is 32.0 Å². The molecule has 0 bridgehead atoms. The molecular formula is C19H23N3O. The predicted octanol–water partition coefficient (Wildman–Crippen LogP) is 4.17. The van der Waals surface area contributed by atoms with Crippen LogP contribution in [0, 0.1) is 0 Å².